The first-order chi connectivity index (χ1) is 9.77. The van der Waals surface area contributed by atoms with E-state index < -0.39 is 15.1 Å². The van der Waals surface area contributed by atoms with Gasteiger partial charge in [-0.1, -0.05) is 13.8 Å². The lowest BCUT2D eigenvalue weighted by Gasteiger charge is -2.16. The first kappa shape index (κ1) is 16.2. The van der Waals surface area contributed by atoms with E-state index in [0.717, 1.165) is 10.7 Å². The number of hydrogen-bond acceptors (Lipinski definition) is 5. The van der Waals surface area contributed by atoms with Gasteiger partial charge in [0.05, 0.1) is 22.5 Å². The van der Waals surface area contributed by atoms with Gasteiger partial charge in [0.1, 0.15) is 0 Å². The molecule has 1 aromatic rings. The number of nitrogens with zero attached hydrogens (tertiary/aromatic N) is 2. The third-order valence-electron chi connectivity index (χ3n) is 3.52. The van der Waals surface area contributed by atoms with Crippen LogP contribution in [-0.2, 0) is 16.4 Å². The number of carbonyl (C=O) groups is 1. The highest BCUT2D eigenvalue weighted by Crippen LogP contribution is 2.19. The molecule has 8 heteroatoms. The van der Waals surface area contributed by atoms with E-state index in [1.54, 1.807) is 16.2 Å². The van der Waals surface area contributed by atoms with Gasteiger partial charge in [0.2, 0.25) is 0 Å². The molecule has 1 saturated heterocycles. The first-order valence-corrected chi connectivity index (χ1v) is 9.76. The van der Waals surface area contributed by atoms with Gasteiger partial charge >= 0.3 is 6.03 Å². The Morgan fingerprint density at radius 3 is 2.81 bits per heavy atom. The lowest BCUT2D eigenvalue weighted by atomic mass is 10.2. The third-order valence-corrected chi connectivity index (χ3v) is 6.31. The normalized spacial score (nSPS) is 19.2. The molecule has 2 rings (SSSR count). The number of thiazole rings is 1. The van der Waals surface area contributed by atoms with Gasteiger partial charge in [-0.2, -0.15) is 0 Å². The number of aromatic nitrogens is 1. The number of likely N-dealkylation sites (tertiary alicyclic amines) is 1. The molecule has 0 radical (unpaired) electrons. The van der Waals surface area contributed by atoms with E-state index in [1.165, 1.54) is 6.26 Å². The van der Waals surface area contributed by atoms with Crippen LogP contribution in [0.3, 0.4) is 0 Å². The summed E-state index contributed by atoms with van der Waals surface area (Å²) in [6, 6.07) is -0.222. The quantitative estimate of drug-likeness (QED) is 0.909. The second kappa shape index (κ2) is 6.31. The number of nitrogens with one attached hydrogen (secondary N) is 1. The van der Waals surface area contributed by atoms with Crippen LogP contribution in [0.25, 0.3) is 0 Å². The predicted molar refractivity (Wildman–Crippen MR) is 83.3 cm³/mol. The molecule has 6 nitrogen and oxygen atoms in total. The van der Waals surface area contributed by atoms with Gasteiger partial charge < -0.3 is 10.2 Å². The van der Waals surface area contributed by atoms with Crippen molar-refractivity contribution in [3.63, 3.8) is 0 Å². The molecule has 1 aliphatic heterocycles. The van der Waals surface area contributed by atoms with Crippen LogP contribution < -0.4 is 5.32 Å². The second-order valence-electron chi connectivity index (χ2n) is 5.68. The Bertz CT molecular complexity index is 610. The molecule has 0 aliphatic carbocycles. The van der Waals surface area contributed by atoms with E-state index in [4.69, 9.17) is 0 Å². The smallest absolute Gasteiger partial charge is 0.317 e. The topological polar surface area (TPSA) is 79.4 Å². The maximum atomic E-state index is 12.0. The van der Waals surface area contributed by atoms with Gasteiger partial charge in [-0.3, -0.25) is 0 Å². The Morgan fingerprint density at radius 2 is 2.29 bits per heavy atom. The van der Waals surface area contributed by atoms with Crippen molar-refractivity contribution in [3.05, 3.63) is 16.1 Å². The fourth-order valence-electron chi connectivity index (χ4n) is 2.21. The zero-order chi connectivity index (χ0) is 15.6. The number of urea groups is 1. The van der Waals surface area contributed by atoms with E-state index in [-0.39, 0.29) is 12.6 Å². The molecular weight excluding hydrogens is 310 g/mol. The Morgan fingerprint density at radius 1 is 1.57 bits per heavy atom. The van der Waals surface area contributed by atoms with Gasteiger partial charge in [0.25, 0.3) is 0 Å². The summed E-state index contributed by atoms with van der Waals surface area (Å²) in [5, 5.41) is 5.36. The second-order valence-corrected chi connectivity index (χ2v) is 8.89. The minimum atomic E-state index is -3.07. The molecular formula is C13H21N3O3S2. The molecule has 21 heavy (non-hydrogen) atoms. The Labute approximate surface area is 129 Å². The first-order valence-electron chi connectivity index (χ1n) is 6.93. The van der Waals surface area contributed by atoms with Gasteiger partial charge in [-0.15, -0.1) is 11.3 Å². The Hall–Kier alpha value is -1.15. The monoisotopic (exact) mass is 331 g/mol. The average Bonchev–Trinajstić information content (AvgIpc) is 3.04. The van der Waals surface area contributed by atoms with Crippen molar-refractivity contribution in [3.8, 4) is 0 Å². The highest BCUT2D eigenvalue weighted by atomic mass is 32.2. The molecule has 0 bridgehead atoms. The summed E-state index contributed by atoms with van der Waals surface area (Å²) < 4.78 is 23.0. The SMILES string of the molecule is CC(C)c1nc(CNC(=O)N2CC[C@H](S(C)(=O)=O)C2)cs1. The van der Waals surface area contributed by atoms with Crippen LogP contribution in [0.15, 0.2) is 5.38 Å². The van der Waals surface area contributed by atoms with Crippen molar-refractivity contribution in [1.82, 2.24) is 15.2 Å². The summed E-state index contributed by atoms with van der Waals surface area (Å²) in [6.45, 7) is 5.30. The van der Waals surface area contributed by atoms with E-state index in [1.807, 2.05) is 5.38 Å². The molecule has 0 saturated carbocycles. The molecule has 1 aromatic heterocycles. The van der Waals surface area contributed by atoms with E-state index >= 15 is 0 Å². The van der Waals surface area contributed by atoms with Crippen LogP contribution in [0.2, 0.25) is 0 Å². The zero-order valence-corrected chi connectivity index (χ0v) is 14.1. The third kappa shape index (κ3) is 4.16. The van der Waals surface area contributed by atoms with Crippen molar-refractivity contribution >= 4 is 27.2 Å². The molecule has 1 aliphatic rings. The number of hydrogen-bond donors (Lipinski definition) is 1. The molecule has 0 unspecified atom stereocenters. The number of rotatable bonds is 4. The Kier molecular flexibility index (Phi) is 4.88. The predicted octanol–water partition coefficient (Wildman–Crippen LogP) is 1.60. The van der Waals surface area contributed by atoms with Crippen molar-refractivity contribution < 1.29 is 13.2 Å². The molecule has 0 spiro atoms. The molecule has 2 heterocycles. The summed E-state index contributed by atoms with van der Waals surface area (Å²) in [4.78, 5) is 18.0. The minimum absolute atomic E-state index is 0.222. The molecule has 2 amide bonds. The van der Waals surface area contributed by atoms with Crippen molar-refractivity contribution in [2.24, 2.45) is 0 Å². The summed E-state index contributed by atoms with van der Waals surface area (Å²) in [5.74, 6) is 0.383. The van der Waals surface area contributed by atoms with E-state index in [9.17, 15) is 13.2 Å². The van der Waals surface area contributed by atoms with Crippen LogP contribution in [0.5, 0.6) is 0 Å². The van der Waals surface area contributed by atoms with E-state index in [0.29, 0.717) is 25.4 Å². The van der Waals surface area contributed by atoms with Crippen LogP contribution in [0, 0.1) is 0 Å². The summed E-state index contributed by atoms with van der Waals surface area (Å²) in [5.41, 5.74) is 0.843. The maximum Gasteiger partial charge on any atom is 0.317 e. The van der Waals surface area contributed by atoms with E-state index in [2.05, 4.69) is 24.1 Å². The zero-order valence-electron chi connectivity index (χ0n) is 12.5. The molecule has 0 aromatic carbocycles. The minimum Gasteiger partial charge on any atom is -0.332 e. The summed E-state index contributed by atoms with van der Waals surface area (Å²) in [6.07, 6.45) is 1.74. The highest BCUT2D eigenvalue weighted by molar-refractivity contribution is 7.91. The summed E-state index contributed by atoms with van der Waals surface area (Å²) in [7, 11) is -3.07. The molecule has 1 fully saturated rings. The van der Waals surface area contributed by atoms with Crippen LogP contribution >= 0.6 is 11.3 Å². The van der Waals surface area contributed by atoms with Gasteiger partial charge in [0, 0.05) is 30.6 Å². The van der Waals surface area contributed by atoms with Gasteiger partial charge in [-0.05, 0) is 6.42 Å². The van der Waals surface area contributed by atoms with Crippen molar-refractivity contribution in [1.29, 1.82) is 0 Å². The molecule has 1 atom stereocenters. The number of carbonyl (C=O) groups excluding carboxylic acids is 1. The van der Waals surface area contributed by atoms with Crippen LogP contribution in [-0.4, -0.2) is 48.9 Å². The fraction of sp³-hybridized carbons (Fsp3) is 0.692. The van der Waals surface area contributed by atoms with Gasteiger partial charge in [0.15, 0.2) is 9.84 Å². The molecule has 1 N–H and O–H groups in total. The fourth-order valence-corrected chi connectivity index (χ4v) is 4.03. The lowest BCUT2D eigenvalue weighted by Crippen LogP contribution is -2.39. The largest absolute Gasteiger partial charge is 0.332 e. The summed E-state index contributed by atoms with van der Waals surface area (Å²) >= 11 is 1.59. The number of amides is 2. The van der Waals surface area contributed by atoms with Crippen molar-refractivity contribution in [2.75, 3.05) is 19.3 Å². The highest BCUT2D eigenvalue weighted by Gasteiger charge is 2.32. The molecule has 118 valence electrons. The maximum absolute atomic E-state index is 12.0. The standard InChI is InChI=1S/C13H21N3O3S2/c1-9(2)12-15-10(8-20-12)6-14-13(17)16-5-4-11(7-16)21(3,18)19/h8-9,11H,4-7H2,1-3H3,(H,14,17)/t11-/m0/s1. The number of sulfone groups is 1. The van der Waals surface area contributed by atoms with Crippen molar-refractivity contribution in [2.45, 2.75) is 38.0 Å². The van der Waals surface area contributed by atoms with Crippen LogP contribution in [0.4, 0.5) is 4.79 Å². The average molecular weight is 331 g/mol. The Balaban J connectivity index is 1.85. The lowest BCUT2D eigenvalue weighted by molar-refractivity contribution is 0.208. The van der Waals surface area contributed by atoms with Gasteiger partial charge in [-0.25, -0.2) is 18.2 Å². The van der Waals surface area contributed by atoms with Crippen LogP contribution in [0.1, 0.15) is 36.9 Å².